The Hall–Kier alpha value is -1.13. The number of aliphatic imine (C=N–C) groups is 1. The third-order valence-corrected chi connectivity index (χ3v) is 5.36. The lowest BCUT2D eigenvalue weighted by Crippen LogP contribution is -2.56. The molecule has 0 saturated carbocycles. The van der Waals surface area contributed by atoms with E-state index in [9.17, 15) is 4.39 Å². The molecule has 0 amide bonds. The molecular weight excluding hydrogens is 484 g/mol. The van der Waals surface area contributed by atoms with Crippen molar-refractivity contribution >= 4 is 35.6 Å². The highest BCUT2D eigenvalue weighted by atomic mass is 127. The number of nitrogens with one attached hydrogen (secondary N) is 2. The molecule has 0 aliphatic carbocycles. The number of morpholine rings is 1. The molecule has 2 rings (SSSR count). The lowest BCUT2D eigenvalue weighted by Gasteiger charge is -2.41. The third kappa shape index (κ3) is 7.57. The van der Waals surface area contributed by atoms with Gasteiger partial charge in [-0.1, -0.05) is 6.07 Å². The first-order valence-corrected chi connectivity index (χ1v) is 10.2. The average Bonchev–Trinajstić information content (AvgIpc) is 2.71. The van der Waals surface area contributed by atoms with Crippen LogP contribution in [0.25, 0.3) is 0 Å². The SMILES string of the molecule is CCN(CC)c1ccc(CNC(=NC)NCC(C)(C)N2CCOCC2)cc1F.I. The van der Waals surface area contributed by atoms with E-state index >= 15 is 0 Å². The summed E-state index contributed by atoms with van der Waals surface area (Å²) in [6.07, 6.45) is 0. The van der Waals surface area contributed by atoms with Gasteiger partial charge in [-0.3, -0.25) is 9.89 Å². The van der Waals surface area contributed by atoms with Gasteiger partial charge in [0.05, 0.1) is 18.9 Å². The van der Waals surface area contributed by atoms with Gasteiger partial charge in [-0.2, -0.15) is 0 Å². The Bertz CT molecular complexity index is 646. The number of halogens is 2. The van der Waals surface area contributed by atoms with Gasteiger partial charge >= 0.3 is 0 Å². The fourth-order valence-corrected chi connectivity index (χ4v) is 3.47. The number of guanidine groups is 1. The van der Waals surface area contributed by atoms with Crippen molar-refractivity contribution in [2.45, 2.75) is 39.8 Å². The van der Waals surface area contributed by atoms with E-state index in [4.69, 9.17) is 4.74 Å². The van der Waals surface area contributed by atoms with Crippen molar-refractivity contribution in [1.29, 1.82) is 0 Å². The van der Waals surface area contributed by atoms with E-state index in [1.807, 2.05) is 30.9 Å². The van der Waals surface area contributed by atoms with Crippen LogP contribution in [0.1, 0.15) is 33.3 Å². The third-order valence-electron chi connectivity index (χ3n) is 5.36. The molecule has 1 aliphatic rings. The Morgan fingerprint density at radius 3 is 2.41 bits per heavy atom. The van der Waals surface area contributed by atoms with Crippen LogP contribution in [-0.2, 0) is 11.3 Å². The smallest absolute Gasteiger partial charge is 0.191 e. The first-order chi connectivity index (χ1) is 13.4. The van der Waals surface area contributed by atoms with Crippen molar-refractivity contribution in [3.8, 4) is 0 Å². The maximum atomic E-state index is 14.5. The van der Waals surface area contributed by atoms with Crippen LogP contribution in [-0.4, -0.2) is 69.4 Å². The zero-order valence-corrected chi connectivity index (χ0v) is 20.8. The second kappa shape index (κ2) is 12.5. The number of hydrogen-bond donors (Lipinski definition) is 2. The second-order valence-corrected chi connectivity index (χ2v) is 7.65. The lowest BCUT2D eigenvalue weighted by atomic mass is 10.0. The van der Waals surface area contributed by atoms with E-state index in [1.54, 1.807) is 13.1 Å². The van der Waals surface area contributed by atoms with E-state index in [-0.39, 0.29) is 35.3 Å². The fourth-order valence-electron chi connectivity index (χ4n) is 3.47. The van der Waals surface area contributed by atoms with Crippen LogP contribution in [0.5, 0.6) is 0 Å². The molecule has 1 aromatic carbocycles. The molecule has 29 heavy (non-hydrogen) atoms. The van der Waals surface area contributed by atoms with Gasteiger partial charge in [0.15, 0.2) is 5.96 Å². The Morgan fingerprint density at radius 1 is 1.21 bits per heavy atom. The van der Waals surface area contributed by atoms with E-state index in [0.717, 1.165) is 57.5 Å². The average molecular weight is 521 g/mol. The van der Waals surface area contributed by atoms with Crippen LogP contribution in [0.15, 0.2) is 23.2 Å². The summed E-state index contributed by atoms with van der Waals surface area (Å²) in [5, 5.41) is 6.67. The van der Waals surface area contributed by atoms with Crippen molar-refractivity contribution in [1.82, 2.24) is 15.5 Å². The van der Waals surface area contributed by atoms with Crippen molar-refractivity contribution in [3.63, 3.8) is 0 Å². The molecule has 1 fully saturated rings. The summed E-state index contributed by atoms with van der Waals surface area (Å²) in [7, 11) is 1.75. The molecular formula is C21H37FIN5O. The molecule has 6 nitrogen and oxygen atoms in total. The highest BCUT2D eigenvalue weighted by molar-refractivity contribution is 14.0. The van der Waals surface area contributed by atoms with Gasteiger partial charge in [0.1, 0.15) is 5.82 Å². The molecule has 1 aliphatic heterocycles. The summed E-state index contributed by atoms with van der Waals surface area (Å²) < 4.78 is 19.9. The Kier molecular flexibility index (Phi) is 11.2. The molecule has 0 radical (unpaired) electrons. The standard InChI is InChI=1S/C21H36FN5O.HI/c1-6-26(7-2)19-9-8-17(14-18(19)22)15-24-20(23-5)25-16-21(3,4)27-10-12-28-13-11-27;/h8-9,14H,6-7,10-13,15-16H2,1-5H3,(H2,23,24,25);1H. The Morgan fingerprint density at radius 2 is 1.86 bits per heavy atom. The Labute approximate surface area is 192 Å². The van der Waals surface area contributed by atoms with Gasteiger partial charge < -0.3 is 20.3 Å². The normalized spacial score (nSPS) is 15.6. The van der Waals surface area contributed by atoms with Crippen LogP contribution < -0.4 is 15.5 Å². The predicted molar refractivity (Wildman–Crippen MR) is 130 cm³/mol. The van der Waals surface area contributed by atoms with E-state index < -0.39 is 0 Å². The van der Waals surface area contributed by atoms with Crippen molar-refractivity contribution < 1.29 is 9.13 Å². The van der Waals surface area contributed by atoms with Gasteiger partial charge in [0.2, 0.25) is 0 Å². The largest absolute Gasteiger partial charge is 0.379 e. The molecule has 0 spiro atoms. The topological polar surface area (TPSA) is 52.1 Å². The van der Waals surface area contributed by atoms with Crippen LogP contribution in [0.2, 0.25) is 0 Å². The van der Waals surface area contributed by atoms with E-state index in [2.05, 4.69) is 34.4 Å². The van der Waals surface area contributed by atoms with Crippen LogP contribution >= 0.6 is 24.0 Å². The summed E-state index contributed by atoms with van der Waals surface area (Å²) in [6, 6.07) is 5.43. The number of rotatable bonds is 8. The fraction of sp³-hybridized carbons (Fsp3) is 0.667. The predicted octanol–water partition coefficient (Wildman–Crippen LogP) is 3.07. The van der Waals surface area contributed by atoms with Crippen molar-refractivity contribution in [3.05, 3.63) is 29.6 Å². The minimum absolute atomic E-state index is 0. The molecule has 2 N–H and O–H groups in total. The minimum Gasteiger partial charge on any atom is -0.379 e. The maximum Gasteiger partial charge on any atom is 0.191 e. The van der Waals surface area contributed by atoms with E-state index in [1.165, 1.54) is 0 Å². The highest BCUT2D eigenvalue weighted by Gasteiger charge is 2.28. The summed E-state index contributed by atoms with van der Waals surface area (Å²) in [4.78, 5) is 8.74. The minimum atomic E-state index is -0.181. The molecule has 0 bridgehead atoms. The molecule has 1 aromatic rings. The number of hydrogen-bond acceptors (Lipinski definition) is 4. The molecule has 0 aromatic heterocycles. The molecule has 1 saturated heterocycles. The number of anilines is 1. The van der Waals surface area contributed by atoms with Gasteiger partial charge in [-0.25, -0.2) is 4.39 Å². The van der Waals surface area contributed by atoms with E-state index in [0.29, 0.717) is 12.2 Å². The quantitative estimate of drug-likeness (QED) is 0.313. The lowest BCUT2D eigenvalue weighted by molar-refractivity contribution is -0.00834. The molecule has 166 valence electrons. The van der Waals surface area contributed by atoms with Gasteiger partial charge in [0, 0.05) is 51.9 Å². The zero-order chi connectivity index (χ0) is 20.6. The number of benzene rings is 1. The maximum absolute atomic E-state index is 14.5. The van der Waals surface area contributed by atoms with Crippen LogP contribution in [0, 0.1) is 5.82 Å². The molecule has 1 heterocycles. The van der Waals surface area contributed by atoms with Crippen molar-refractivity contribution in [2.24, 2.45) is 4.99 Å². The second-order valence-electron chi connectivity index (χ2n) is 7.65. The summed E-state index contributed by atoms with van der Waals surface area (Å²) in [5.74, 6) is 0.536. The van der Waals surface area contributed by atoms with Crippen LogP contribution in [0.3, 0.4) is 0 Å². The van der Waals surface area contributed by atoms with Gasteiger partial charge in [-0.15, -0.1) is 24.0 Å². The van der Waals surface area contributed by atoms with Crippen molar-refractivity contribution in [2.75, 3.05) is 57.9 Å². The summed E-state index contributed by atoms with van der Waals surface area (Å²) in [5.41, 5.74) is 1.55. The first kappa shape index (κ1) is 25.9. The zero-order valence-electron chi connectivity index (χ0n) is 18.4. The Balaban J connectivity index is 0.00000420. The number of ether oxygens (including phenoxy) is 1. The number of nitrogens with zero attached hydrogens (tertiary/aromatic N) is 3. The van der Waals surface area contributed by atoms with Gasteiger partial charge in [-0.05, 0) is 45.4 Å². The van der Waals surface area contributed by atoms with Crippen LogP contribution in [0.4, 0.5) is 10.1 Å². The summed E-state index contributed by atoms with van der Waals surface area (Å²) >= 11 is 0. The monoisotopic (exact) mass is 521 g/mol. The highest BCUT2D eigenvalue weighted by Crippen LogP contribution is 2.20. The molecule has 0 atom stereocenters. The molecule has 8 heteroatoms. The van der Waals surface area contributed by atoms with Gasteiger partial charge in [0.25, 0.3) is 0 Å². The molecule has 0 unspecified atom stereocenters. The first-order valence-electron chi connectivity index (χ1n) is 10.2. The summed E-state index contributed by atoms with van der Waals surface area (Å²) in [6.45, 7) is 14.8.